The zero-order valence-electron chi connectivity index (χ0n) is 16.5. The van der Waals surface area contributed by atoms with Crippen molar-refractivity contribution in [3.05, 3.63) is 41.5 Å². The van der Waals surface area contributed by atoms with Gasteiger partial charge in [0.1, 0.15) is 0 Å². The molecule has 9 heteroatoms. The monoisotopic (exact) mass is 406 g/mol. The average molecular weight is 407 g/mol. The van der Waals surface area contributed by atoms with Gasteiger partial charge in [0.2, 0.25) is 15.9 Å². The van der Waals surface area contributed by atoms with Crippen LogP contribution in [0.1, 0.15) is 48.8 Å². The van der Waals surface area contributed by atoms with E-state index in [0.29, 0.717) is 42.7 Å². The molecule has 152 valence electrons. The Labute approximate surface area is 165 Å². The van der Waals surface area contributed by atoms with Gasteiger partial charge in [-0.15, -0.1) is 0 Å². The number of hydrogen-bond acceptors (Lipinski definition) is 6. The van der Waals surface area contributed by atoms with Crippen LogP contribution in [0.4, 0.5) is 0 Å². The fourth-order valence-electron chi connectivity index (χ4n) is 3.14. The quantitative estimate of drug-likeness (QED) is 0.730. The van der Waals surface area contributed by atoms with Crippen molar-refractivity contribution in [1.29, 1.82) is 0 Å². The van der Waals surface area contributed by atoms with Crippen LogP contribution >= 0.6 is 0 Å². The highest BCUT2D eigenvalue weighted by atomic mass is 32.2. The number of benzene rings is 1. The minimum atomic E-state index is -3.52. The van der Waals surface area contributed by atoms with E-state index in [4.69, 9.17) is 4.52 Å². The highest BCUT2D eigenvalue weighted by Crippen LogP contribution is 2.23. The molecule has 0 spiro atoms. The Kier molecular flexibility index (Phi) is 6.14. The molecule has 1 fully saturated rings. The summed E-state index contributed by atoms with van der Waals surface area (Å²) < 4.78 is 32.2. The predicted octanol–water partition coefficient (Wildman–Crippen LogP) is 2.32. The van der Waals surface area contributed by atoms with E-state index < -0.39 is 10.0 Å². The van der Waals surface area contributed by atoms with E-state index in [1.54, 1.807) is 19.2 Å². The van der Waals surface area contributed by atoms with E-state index >= 15 is 0 Å². The number of carbonyl (C=O) groups excluding carboxylic acids is 1. The molecule has 0 saturated carbocycles. The van der Waals surface area contributed by atoms with Crippen molar-refractivity contribution in [3.63, 3.8) is 0 Å². The molecular weight excluding hydrogens is 380 g/mol. The lowest BCUT2D eigenvalue weighted by atomic mass is 10.0. The molecule has 28 heavy (non-hydrogen) atoms. The number of rotatable bonds is 6. The largest absolute Gasteiger partial charge is 0.337 e. The van der Waals surface area contributed by atoms with Gasteiger partial charge in [0.25, 0.3) is 5.91 Å². The van der Waals surface area contributed by atoms with Gasteiger partial charge in [-0.2, -0.15) is 9.29 Å². The van der Waals surface area contributed by atoms with Crippen LogP contribution in [0.15, 0.2) is 33.7 Å². The first-order chi connectivity index (χ1) is 13.3. The highest BCUT2D eigenvalue weighted by molar-refractivity contribution is 7.89. The number of carbonyl (C=O) groups is 1. The fraction of sp³-hybridized carbons (Fsp3) is 0.526. The van der Waals surface area contributed by atoms with Crippen LogP contribution in [0.5, 0.6) is 0 Å². The molecule has 1 aromatic carbocycles. The molecule has 2 aromatic rings. The number of aromatic nitrogens is 2. The lowest BCUT2D eigenvalue weighted by Gasteiger charge is -2.29. The molecule has 0 bridgehead atoms. The third kappa shape index (κ3) is 4.41. The normalized spacial score (nSPS) is 16.2. The third-order valence-electron chi connectivity index (χ3n) is 5.03. The molecule has 8 nitrogen and oxygen atoms in total. The van der Waals surface area contributed by atoms with Gasteiger partial charge in [-0.25, -0.2) is 8.42 Å². The van der Waals surface area contributed by atoms with Crippen LogP contribution in [0.2, 0.25) is 0 Å². The molecule has 2 heterocycles. The second-order valence-electron chi connectivity index (χ2n) is 7.23. The summed E-state index contributed by atoms with van der Waals surface area (Å²) in [6.07, 6.45) is 2.40. The Hall–Kier alpha value is -2.26. The fourth-order valence-corrected chi connectivity index (χ4v) is 4.61. The summed E-state index contributed by atoms with van der Waals surface area (Å²) in [5.74, 6) is 1.27. The zero-order chi connectivity index (χ0) is 20.3. The molecule has 0 radical (unpaired) electrons. The van der Waals surface area contributed by atoms with Crippen molar-refractivity contribution in [1.82, 2.24) is 19.3 Å². The number of amides is 1. The smallest absolute Gasteiger partial charge is 0.254 e. The molecule has 1 aliphatic rings. The van der Waals surface area contributed by atoms with Crippen LogP contribution in [0.25, 0.3) is 0 Å². The first-order valence-electron chi connectivity index (χ1n) is 9.48. The van der Waals surface area contributed by atoms with Crippen LogP contribution < -0.4 is 0 Å². The van der Waals surface area contributed by atoms with Gasteiger partial charge < -0.3 is 9.42 Å². The SMILES string of the molecule is CCc1noc(CN(C)C(=O)c2ccc(S(=O)(=O)N3CCC(C)CC3)cc2)n1. The van der Waals surface area contributed by atoms with Crippen LogP contribution in [-0.4, -0.2) is 53.8 Å². The number of piperidine rings is 1. The Morgan fingerprint density at radius 2 is 1.89 bits per heavy atom. The van der Waals surface area contributed by atoms with Crippen molar-refractivity contribution in [2.75, 3.05) is 20.1 Å². The van der Waals surface area contributed by atoms with Crippen LogP contribution in [-0.2, 0) is 23.0 Å². The minimum absolute atomic E-state index is 0.192. The first kappa shape index (κ1) is 20.5. The lowest BCUT2D eigenvalue weighted by molar-refractivity contribution is 0.0769. The van der Waals surface area contributed by atoms with Gasteiger partial charge in [0.15, 0.2) is 5.82 Å². The van der Waals surface area contributed by atoms with Crippen molar-refractivity contribution < 1.29 is 17.7 Å². The number of nitrogens with zero attached hydrogens (tertiary/aromatic N) is 4. The standard InChI is InChI=1S/C19H26N4O4S/c1-4-17-20-18(27-21-17)13-22(3)19(24)15-5-7-16(8-6-15)28(25,26)23-11-9-14(2)10-12-23/h5-8,14H,4,9-13H2,1-3H3. The third-order valence-corrected chi connectivity index (χ3v) is 6.94. The Morgan fingerprint density at radius 1 is 1.25 bits per heavy atom. The molecule has 1 amide bonds. The molecule has 0 unspecified atom stereocenters. The van der Waals surface area contributed by atoms with Crippen LogP contribution in [0.3, 0.4) is 0 Å². The van der Waals surface area contributed by atoms with Gasteiger partial charge in [0, 0.05) is 32.1 Å². The summed E-state index contributed by atoms with van der Waals surface area (Å²) in [4.78, 5) is 18.5. The van der Waals surface area contributed by atoms with Crippen molar-refractivity contribution in [2.24, 2.45) is 5.92 Å². The van der Waals surface area contributed by atoms with Crippen molar-refractivity contribution in [3.8, 4) is 0 Å². The second kappa shape index (κ2) is 8.40. The van der Waals surface area contributed by atoms with E-state index in [0.717, 1.165) is 12.8 Å². The maximum absolute atomic E-state index is 12.8. The van der Waals surface area contributed by atoms with E-state index in [2.05, 4.69) is 17.1 Å². The summed E-state index contributed by atoms with van der Waals surface area (Å²) in [6, 6.07) is 6.08. The molecule has 1 aliphatic heterocycles. The zero-order valence-corrected chi connectivity index (χ0v) is 17.3. The van der Waals surface area contributed by atoms with E-state index in [-0.39, 0.29) is 17.3 Å². The molecular formula is C19H26N4O4S. The minimum Gasteiger partial charge on any atom is -0.337 e. The highest BCUT2D eigenvalue weighted by Gasteiger charge is 2.28. The van der Waals surface area contributed by atoms with Crippen molar-refractivity contribution >= 4 is 15.9 Å². The molecule has 0 aliphatic carbocycles. The first-order valence-corrected chi connectivity index (χ1v) is 10.9. The number of sulfonamides is 1. The van der Waals surface area contributed by atoms with E-state index in [9.17, 15) is 13.2 Å². The van der Waals surface area contributed by atoms with E-state index in [1.807, 2.05) is 6.92 Å². The van der Waals surface area contributed by atoms with Crippen LogP contribution in [0, 0.1) is 5.92 Å². The summed E-state index contributed by atoms with van der Waals surface area (Å²) in [5.41, 5.74) is 0.406. The van der Waals surface area contributed by atoms with Gasteiger partial charge >= 0.3 is 0 Å². The van der Waals surface area contributed by atoms with Gasteiger partial charge in [-0.1, -0.05) is 19.0 Å². The molecule has 3 rings (SSSR count). The second-order valence-corrected chi connectivity index (χ2v) is 9.17. The molecule has 0 atom stereocenters. The maximum atomic E-state index is 12.8. The maximum Gasteiger partial charge on any atom is 0.254 e. The summed E-state index contributed by atoms with van der Waals surface area (Å²) in [6.45, 7) is 5.33. The predicted molar refractivity (Wildman–Crippen MR) is 103 cm³/mol. The molecule has 0 N–H and O–H groups in total. The Bertz CT molecular complexity index is 916. The van der Waals surface area contributed by atoms with E-state index in [1.165, 1.54) is 21.3 Å². The summed E-state index contributed by atoms with van der Waals surface area (Å²) in [7, 11) is -1.89. The van der Waals surface area contributed by atoms with Gasteiger partial charge in [-0.3, -0.25) is 4.79 Å². The Balaban J connectivity index is 1.68. The summed E-state index contributed by atoms with van der Waals surface area (Å²) >= 11 is 0. The number of hydrogen-bond donors (Lipinski definition) is 0. The summed E-state index contributed by atoms with van der Waals surface area (Å²) in [5, 5.41) is 3.81. The van der Waals surface area contributed by atoms with Crippen molar-refractivity contribution in [2.45, 2.75) is 44.6 Å². The molecule has 1 aromatic heterocycles. The lowest BCUT2D eigenvalue weighted by Crippen LogP contribution is -2.37. The van der Waals surface area contributed by atoms with Gasteiger partial charge in [0.05, 0.1) is 11.4 Å². The Morgan fingerprint density at radius 3 is 2.46 bits per heavy atom. The average Bonchev–Trinajstić information content (AvgIpc) is 3.15. The number of aryl methyl sites for hydroxylation is 1. The molecule has 1 saturated heterocycles. The van der Waals surface area contributed by atoms with Gasteiger partial charge in [-0.05, 0) is 43.0 Å². The topological polar surface area (TPSA) is 96.6 Å².